The third kappa shape index (κ3) is 5.57. The van der Waals surface area contributed by atoms with E-state index in [1.54, 1.807) is 0 Å². The second-order valence-electron chi connectivity index (χ2n) is 5.39. The summed E-state index contributed by atoms with van der Waals surface area (Å²) in [6.45, 7) is 11.0. The molecule has 15 heavy (non-hydrogen) atoms. The summed E-state index contributed by atoms with van der Waals surface area (Å²) in [4.78, 5) is 0. The van der Waals surface area contributed by atoms with Crippen molar-refractivity contribution in [3.05, 3.63) is 18.5 Å². The summed E-state index contributed by atoms with van der Waals surface area (Å²) in [6, 6.07) is 2.44. The van der Waals surface area contributed by atoms with Gasteiger partial charge in [0.05, 0.1) is 6.54 Å². The first-order valence-corrected chi connectivity index (χ1v) is 5.68. The summed E-state index contributed by atoms with van der Waals surface area (Å²) < 4.78 is 1.97. The molecule has 0 saturated carbocycles. The average Bonchev–Trinajstić information content (AvgIpc) is 2.54. The molecule has 0 radical (unpaired) electrons. The first kappa shape index (κ1) is 12.2. The number of aromatic nitrogens is 2. The first-order chi connectivity index (χ1) is 6.97. The quantitative estimate of drug-likeness (QED) is 0.806. The minimum atomic E-state index is 0.415. The molecular formula is C12H23N3. The Balaban J connectivity index is 2.17. The van der Waals surface area contributed by atoms with Gasteiger partial charge in [0.25, 0.3) is 0 Å². The second-order valence-corrected chi connectivity index (χ2v) is 5.39. The summed E-state index contributed by atoms with van der Waals surface area (Å²) in [6.07, 6.45) is 5.03. The smallest absolute Gasteiger partial charge is 0.0559 e. The van der Waals surface area contributed by atoms with E-state index in [2.05, 4.69) is 38.1 Å². The zero-order chi connectivity index (χ0) is 11.3. The fourth-order valence-electron chi connectivity index (χ4n) is 1.45. The van der Waals surface area contributed by atoms with Gasteiger partial charge in [-0.15, -0.1) is 0 Å². The molecule has 1 aromatic rings. The van der Waals surface area contributed by atoms with Crippen LogP contribution in [-0.4, -0.2) is 22.4 Å². The maximum atomic E-state index is 4.19. The Kier molecular flexibility index (Phi) is 4.33. The van der Waals surface area contributed by atoms with Crippen molar-refractivity contribution >= 4 is 0 Å². The normalized spacial score (nSPS) is 14.1. The van der Waals surface area contributed by atoms with E-state index in [1.807, 2.05) is 23.1 Å². The average molecular weight is 209 g/mol. The van der Waals surface area contributed by atoms with Crippen molar-refractivity contribution in [2.24, 2.45) is 5.41 Å². The molecule has 1 N–H and O–H groups in total. The molecule has 1 rings (SSSR count). The zero-order valence-corrected chi connectivity index (χ0v) is 10.3. The minimum Gasteiger partial charge on any atom is -0.312 e. The number of hydrogen-bond acceptors (Lipinski definition) is 2. The number of nitrogens with one attached hydrogen (secondary N) is 1. The predicted octanol–water partition coefficient (Wildman–Crippen LogP) is 2.30. The standard InChI is InChI=1S/C12H23N3/c1-11(10-15-9-5-7-14-15)13-8-6-12(2,3)4/h5,7,9,11,13H,6,8,10H2,1-4H3. The van der Waals surface area contributed by atoms with Gasteiger partial charge in [0.2, 0.25) is 0 Å². The summed E-state index contributed by atoms with van der Waals surface area (Å²) in [5.74, 6) is 0. The van der Waals surface area contributed by atoms with Gasteiger partial charge in [-0.05, 0) is 31.4 Å². The van der Waals surface area contributed by atoms with Gasteiger partial charge in [-0.3, -0.25) is 4.68 Å². The van der Waals surface area contributed by atoms with E-state index in [1.165, 1.54) is 6.42 Å². The van der Waals surface area contributed by atoms with Crippen LogP contribution in [0.25, 0.3) is 0 Å². The van der Waals surface area contributed by atoms with Gasteiger partial charge in [0.1, 0.15) is 0 Å². The van der Waals surface area contributed by atoms with E-state index in [0.29, 0.717) is 11.5 Å². The highest BCUT2D eigenvalue weighted by molar-refractivity contribution is 4.79. The van der Waals surface area contributed by atoms with Crippen molar-refractivity contribution in [1.29, 1.82) is 0 Å². The fourth-order valence-corrected chi connectivity index (χ4v) is 1.45. The Morgan fingerprint density at radius 1 is 1.40 bits per heavy atom. The van der Waals surface area contributed by atoms with Crippen LogP contribution in [0.2, 0.25) is 0 Å². The summed E-state index contributed by atoms with van der Waals surface area (Å²) in [5, 5.41) is 7.71. The highest BCUT2D eigenvalue weighted by Gasteiger charge is 2.10. The molecule has 86 valence electrons. The minimum absolute atomic E-state index is 0.415. The van der Waals surface area contributed by atoms with E-state index in [-0.39, 0.29) is 0 Å². The van der Waals surface area contributed by atoms with Crippen LogP contribution in [0.15, 0.2) is 18.5 Å². The topological polar surface area (TPSA) is 29.9 Å². The van der Waals surface area contributed by atoms with Crippen molar-refractivity contribution in [2.75, 3.05) is 6.54 Å². The second kappa shape index (κ2) is 5.31. The zero-order valence-electron chi connectivity index (χ0n) is 10.3. The van der Waals surface area contributed by atoms with Gasteiger partial charge in [-0.2, -0.15) is 5.10 Å². The van der Waals surface area contributed by atoms with Crippen LogP contribution >= 0.6 is 0 Å². The lowest BCUT2D eigenvalue weighted by Crippen LogP contribution is -2.32. The summed E-state index contributed by atoms with van der Waals surface area (Å²) in [5.41, 5.74) is 0.415. The van der Waals surface area contributed by atoms with Gasteiger partial charge >= 0.3 is 0 Å². The van der Waals surface area contributed by atoms with E-state index in [4.69, 9.17) is 0 Å². The van der Waals surface area contributed by atoms with Crippen molar-refractivity contribution in [3.63, 3.8) is 0 Å². The summed E-state index contributed by atoms with van der Waals surface area (Å²) >= 11 is 0. The molecule has 0 aliphatic heterocycles. The molecule has 1 unspecified atom stereocenters. The molecule has 0 bridgehead atoms. The van der Waals surface area contributed by atoms with Crippen LogP contribution in [0, 0.1) is 5.41 Å². The van der Waals surface area contributed by atoms with Crippen LogP contribution in [0.3, 0.4) is 0 Å². The molecule has 0 spiro atoms. The molecule has 0 aliphatic carbocycles. The van der Waals surface area contributed by atoms with Crippen molar-refractivity contribution < 1.29 is 0 Å². The number of hydrogen-bond donors (Lipinski definition) is 1. The maximum absolute atomic E-state index is 4.19. The van der Waals surface area contributed by atoms with Gasteiger partial charge in [-0.1, -0.05) is 20.8 Å². The van der Waals surface area contributed by atoms with E-state index >= 15 is 0 Å². The largest absolute Gasteiger partial charge is 0.312 e. The van der Waals surface area contributed by atoms with E-state index in [9.17, 15) is 0 Å². The Bertz CT molecular complexity index is 259. The molecule has 0 aromatic carbocycles. The molecular weight excluding hydrogens is 186 g/mol. The molecule has 1 atom stereocenters. The SMILES string of the molecule is CC(Cn1cccn1)NCCC(C)(C)C. The lowest BCUT2D eigenvalue weighted by molar-refractivity contribution is 0.346. The first-order valence-electron chi connectivity index (χ1n) is 5.68. The lowest BCUT2D eigenvalue weighted by atomic mass is 9.92. The fraction of sp³-hybridized carbons (Fsp3) is 0.750. The molecule has 1 aromatic heterocycles. The third-order valence-electron chi connectivity index (χ3n) is 2.39. The van der Waals surface area contributed by atoms with Crippen LogP contribution < -0.4 is 5.32 Å². The molecule has 3 heteroatoms. The number of rotatable bonds is 5. The molecule has 0 saturated heterocycles. The van der Waals surface area contributed by atoms with Crippen LogP contribution in [0.5, 0.6) is 0 Å². The van der Waals surface area contributed by atoms with Crippen molar-refractivity contribution in [1.82, 2.24) is 15.1 Å². The monoisotopic (exact) mass is 209 g/mol. The Labute approximate surface area is 92.9 Å². The van der Waals surface area contributed by atoms with Crippen molar-refractivity contribution in [3.8, 4) is 0 Å². The van der Waals surface area contributed by atoms with Gasteiger partial charge < -0.3 is 5.32 Å². The summed E-state index contributed by atoms with van der Waals surface area (Å²) in [7, 11) is 0. The van der Waals surface area contributed by atoms with Crippen LogP contribution in [0.1, 0.15) is 34.1 Å². The Morgan fingerprint density at radius 3 is 2.67 bits per heavy atom. The van der Waals surface area contributed by atoms with E-state index in [0.717, 1.165) is 13.1 Å². The maximum Gasteiger partial charge on any atom is 0.0559 e. The third-order valence-corrected chi connectivity index (χ3v) is 2.39. The Hall–Kier alpha value is -0.830. The van der Waals surface area contributed by atoms with Gasteiger partial charge in [0.15, 0.2) is 0 Å². The molecule has 0 amide bonds. The number of nitrogens with zero attached hydrogens (tertiary/aromatic N) is 2. The van der Waals surface area contributed by atoms with Crippen LogP contribution in [-0.2, 0) is 6.54 Å². The van der Waals surface area contributed by atoms with E-state index < -0.39 is 0 Å². The Morgan fingerprint density at radius 2 is 2.13 bits per heavy atom. The van der Waals surface area contributed by atoms with Crippen molar-refractivity contribution in [2.45, 2.75) is 46.7 Å². The molecule has 0 aliphatic rings. The molecule has 0 fully saturated rings. The predicted molar refractivity (Wildman–Crippen MR) is 63.8 cm³/mol. The molecule has 1 heterocycles. The van der Waals surface area contributed by atoms with Gasteiger partial charge in [-0.25, -0.2) is 0 Å². The molecule has 3 nitrogen and oxygen atoms in total. The highest BCUT2D eigenvalue weighted by atomic mass is 15.3. The highest BCUT2D eigenvalue weighted by Crippen LogP contribution is 2.17. The van der Waals surface area contributed by atoms with Gasteiger partial charge in [0, 0.05) is 18.4 Å². The lowest BCUT2D eigenvalue weighted by Gasteiger charge is -2.20. The van der Waals surface area contributed by atoms with Crippen LogP contribution in [0.4, 0.5) is 0 Å².